The first kappa shape index (κ1) is 11.0. The minimum Gasteiger partial charge on any atom is -0.334 e. The number of nitrogens with zero attached hydrogens (tertiary/aromatic N) is 2. The van der Waals surface area contributed by atoms with Crippen LogP contribution in [0.5, 0.6) is 0 Å². The molecule has 1 aromatic carbocycles. The number of thiazole rings is 1. The van der Waals surface area contributed by atoms with Gasteiger partial charge < -0.3 is 4.90 Å². The number of aromatic nitrogens is 1. The summed E-state index contributed by atoms with van der Waals surface area (Å²) in [5.41, 5.74) is 1.00. The molecule has 1 aliphatic rings. The third kappa shape index (κ3) is 2.15. The van der Waals surface area contributed by atoms with Crippen LogP contribution in [0.25, 0.3) is 10.2 Å². The Bertz CT molecular complexity index is 535. The molecule has 2 aromatic rings. The van der Waals surface area contributed by atoms with Crippen molar-refractivity contribution in [2.45, 2.75) is 18.3 Å². The highest BCUT2D eigenvalue weighted by Crippen LogP contribution is 2.25. The predicted octanol–water partition coefficient (Wildman–Crippen LogP) is 2.64. The van der Waals surface area contributed by atoms with Crippen molar-refractivity contribution in [1.82, 2.24) is 9.88 Å². The molecule has 0 spiro atoms. The van der Waals surface area contributed by atoms with Crippen molar-refractivity contribution in [3.63, 3.8) is 0 Å². The van der Waals surface area contributed by atoms with Gasteiger partial charge in [-0.25, -0.2) is 4.98 Å². The smallest absolute Gasteiger partial charge is 0.224 e. The van der Waals surface area contributed by atoms with Crippen LogP contribution in [0.15, 0.2) is 24.3 Å². The molecule has 5 heteroatoms. The Kier molecular flexibility index (Phi) is 2.76. The molecule has 3 rings (SSSR count). The fourth-order valence-corrected chi connectivity index (χ4v) is 3.31. The van der Waals surface area contributed by atoms with Gasteiger partial charge in [-0.3, -0.25) is 4.79 Å². The second-order valence-electron chi connectivity index (χ2n) is 4.15. The highest BCUT2D eigenvalue weighted by Gasteiger charge is 2.28. The number of carbonyl (C=O) groups is 1. The van der Waals surface area contributed by atoms with E-state index in [-0.39, 0.29) is 11.3 Å². The Morgan fingerprint density at radius 2 is 2.29 bits per heavy atom. The van der Waals surface area contributed by atoms with Gasteiger partial charge in [-0.2, -0.15) is 0 Å². The lowest BCUT2D eigenvalue weighted by atomic mass is 10.3. The number of hydrogen-bond donors (Lipinski definition) is 0. The number of amides is 1. The Hall–Kier alpha value is -1.13. The van der Waals surface area contributed by atoms with Crippen molar-refractivity contribution in [2.24, 2.45) is 0 Å². The standard InChI is InChI=1S/C12H11ClN2OS/c13-8-5-12(16)15(6-8)7-11-14-9-3-1-2-4-10(9)17-11/h1-4,8H,5-7H2. The molecule has 0 aliphatic carbocycles. The van der Waals surface area contributed by atoms with E-state index in [2.05, 4.69) is 4.98 Å². The Labute approximate surface area is 108 Å². The summed E-state index contributed by atoms with van der Waals surface area (Å²) in [6, 6.07) is 8.01. The zero-order chi connectivity index (χ0) is 11.8. The molecule has 1 unspecified atom stereocenters. The molecule has 2 heterocycles. The number of hydrogen-bond acceptors (Lipinski definition) is 3. The van der Waals surface area contributed by atoms with Gasteiger partial charge in [0.2, 0.25) is 5.91 Å². The number of likely N-dealkylation sites (tertiary alicyclic amines) is 1. The van der Waals surface area contributed by atoms with Gasteiger partial charge in [-0.05, 0) is 12.1 Å². The summed E-state index contributed by atoms with van der Waals surface area (Å²) in [6.45, 7) is 1.22. The predicted molar refractivity (Wildman–Crippen MR) is 69.3 cm³/mol. The first-order valence-corrected chi connectivity index (χ1v) is 6.74. The van der Waals surface area contributed by atoms with Crippen molar-refractivity contribution in [2.75, 3.05) is 6.54 Å². The molecule has 0 N–H and O–H groups in total. The third-order valence-electron chi connectivity index (χ3n) is 2.83. The van der Waals surface area contributed by atoms with E-state index in [9.17, 15) is 4.79 Å². The van der Waals surface area contributed by atoms with E-state index >= 15 is 0 Å². The number of carbonyl (C=O) groups excluding carboxylic acids is 1. The van der Waals surface area contributed by atoms with E-state index in [0.29, 0.717) is 19.5 Å². The number of rotatable bonds is 2. The molecule has 1 aliphatic heterocycles. The summed E-state index contributed by atoms with van der Waals surface area (Å²) in [6.07, 6.45) is 0.451. The lowest BCUT2D eigenvalue weighted by Gasteiger charge is -2.12. The Morgan fingerprint density at radius 3 is 3.00 bits per heavy atom. The molecule has 0 radical (unpaired) electrons. The first-order valence-electron chi connectivity index (χ1n) is 5.48. The molecule has 1 saturated heterocycles. The largest absolute Gasteiger partial charge is 0.334 e. The molecule has 1 atom stereocenters. The van der Waals surface area contributed by atoms with Crippen LogP contribution in [0.4, 0.5) is 0 Å². The highest BCUT2D eigenvalue weighted by molar-refractivity contribution is 7.18. The number of alkyl halides is 1. The van der Waals surface area contributed by atoms with E-state index in [1.165, 1.54) is 0 Å². The van der Waals surface area contributed by atoms with Crippen LogP contribution in [0.2, 0.25) is 0 Å². The molecule has 1 aromatic heterocycles. The number of fused-ring (bicyclic) bond motifs is 1. The Morgan fingerprint density at radius 1 is 1.47 bits per heavy atom. The maximum Gasteiger partial charge on any atom is 0.224 e. The quantitative estimate of drug-likeness (QED) is 0.783. The maximum absolute atomic E-state index is 11.6. The summed E-state index contributed by atoms with van der Waals surface area (Å²) >= 11 is 7.61. The second-order valence-corrected chi connectivity index (χ2v) is 5.88. The Balaban J connectivity index is 1.83. The summed E-state index contributed by atoms with van der Waals surface area (Å²) in [7, 11) is 0. The molecular weight excluding hydrogens is 256 g/mol. The van der Waals surface area contributed by atoms with E-state index in [4.69, 9.17) is 11.6 Å². The highest BCUT2D eigenvalue weighted by atomic mass is 35.5. The van der Waals surface area contributed by atoms with Gasteiger partial charge in [0.15, 0.2) is 0 Å². The van der Waals surface area contributed by atoms with Crippen molar-refractivity contribution >= 4 is 39.1 Å². The lowest BCUT2D eigenvalue weighted by Crippen LogP contribution is -2.24. The van der Waals surface area contributed by atoms with E-state index in [0.717, 1.165) is 15.2 Å². The monoisotopic (exact) mass is 266 g/mol. The van der Waals surface area contributed by atoms with Crippen molar-refractivity contribution in [3.05, 3.63) is 29.3 Å². The van der Waals surface area contributed by atoms with Crippen LogP contribution in [-0.4, -0.2) is 27.7 Å². The second kappa shape index (κ2) is 4.27. The average molecular weight is 267 g/mol. The van der Waals surface area contributed by atoms with Crippen LogP contribution in [0, 0.1) is 0 Å². The average Bonchev–Trinajstić information content (AvgIpc) is 2.82. The number of benzene rings is 1. The molecular formula is C12H11ClN2OS. The molecule has 3 nitrogen and oxygen atoms in total. The fraction of sp³-hybridized carbons (Fsp3) is 0.333. The summed E-state index contributed by atoms with van der Waals surface area (Å²) < 4.78 is 1.16. The van der Waals surface area contributed by atoms with Crippen LogP contribution in [0.3, 0.4) is 0 Å². The van der Waals surface area contributed by atoms with Crippen molar-refractivity contribution in [1.29, 1.82) is 0 Å². The molecule has 1 fully saturated rings. The van der Waals surface area contributed by atoms with Crippen LogP contribution in [-0.2, 0) is 11.3 Å². The minimum absolute atomic E-state index is 0.0446. The van der Waals surface area contributed by atoms with E-state index in [1.54, 1.807) is 16.2 Å². The van der Waals surface area contributed by atoms with Gasteiger partial charge in [-0.1, -0.05) is 12.1 Å². The third-order valence-corrected chi connectivity index (χ3v) is 4.15. The normalized spacial score (nSPS) is 20.4. The van der Waals surface area contributed by atoms with Gasteiger partial charge in [-0.15, -0.1) is 22.9 Å². The SMILES string of the molecule is O=C1CC(Cl)CN1Cc1nc2ccccc2s1. The number of halogens is 1. The zero-order valence-electron chi connectivity index (χ0n) is 9.10. The van der Waals surface area contributed by atoms with Gasteiger partial charge in [0, 0.05) is 13.0 Å². The molecule has 0 bridgehead atoms. The maximum atomic E-state index is 11.6. The molecule has 0 saturated carbocycles. The first-order chi connectivity index (χ1) is 8.22. The topological polar surface area (TPSA) is 33.2 Å². The molecule has 1 amide bonds. The van der Waals surface area contributed by atoms with Crippen molar-refractivity contribution < 1.29 is 4.79 Å². The van der Waals surface area contributed by atoms with Gasteiger partial charge in [0.1, 0.15) is 5.01 Å². The van der Waals surface area contributed by atoms with Gasteiger partial charge >= 0.3 is 0 Å². The summed E-state index contributed by atoms with van der Waals surface area (Å²) in [5, 5.41) is 0.933. The lowest BCUT2D eigenvalue weighted by molar-refractivity contribution is -0.128. The summed E-state index contributed by atoms with van der Waals surface area (Å²) in [4.78, 5) is 17.9. The minimum atomic E-state index is -0.0446. The van der Waals surface area contributed by atoms with Crippen LogP contribution in [0.1, 0.15) is 11.4 Å². The van der Waals surface area contributed by atoms with Crippen LogP contribution < -0.4 is 0 Å². The van der Waals surface area contributed by atoms with Gasteiger partial charge in [0.25, 0.3) is 0 Å². The van der Waals surface area contributed by atoms with Crippen LogP contribution >= 0.6 is 22.9 Å². The zero-order valence-corrected chi connectivity index (χ0v) is 10.7. The number of para-hydroxylation sites is 1. The molecule has 88 valence electrons. The van der Waals surface area contributed by atoms with E-state index in [1.807, 2.05) is 24.3 Å². The summed E-state index contributed by atoms with van der Waals surface area (Å²) in [5.74, 6) is 0.129. The fourth-order valence-electron chi connectivity index (χ4n) is 2.03. The van der Waals surface area contributed by atoms with Crippen molar-refractivity contribution in [3.8, 4) is 0 Å². The van der Waals surface area contributed by atoms with Gasteiger partial charge in [0.05, 0.1) is 22.1 Å². The van der Waals surface area contributed by atoms with E-state index < -0.39 is 0 Å². The molecule has 17 heavy (non-hydrogen) atoms.